The Bertz CT molecular complexity index is 1040. The molecule has 3 aromatic carbocycles. The first-order valence-corrected chi connectivity index (χ1v) is 11.0. The molecule has 160 valence electrons. The Morgan fingerprint density at radius 1 is 0.903 bits per heavy atom. The molecule has 0 fully saturated rings. The van der Waals surface area contributed by atoms with E-state index in [-0.39, 0.29) is 12.1 Å². The highest BCUT2D eigenvalue weighted by atomic mass is 16.5. The summed E-state index contributed by atoms with van der Waals surface area (Å²) in [6, 6.07) is 24.0. The Labute approximate surface area is 184 Å². The Kier molecular flexibility index (Phi) is 5.99. The van der Waals surface area contributed by atoms with Gasteiger partial charge in [-0.1, -0.05) is 64.1 Å². The van der Waals surface area contributed by atoms with Gasteiger partial charge in [0.15, 0.2) is 0 Å². The Hall–Kier alpha value is -3.27. The fourth-order valence-corrected chi connectivity index (χ4v) is 3.78. The molecule has 1 amide bonds. The largest absolute Gasteiger partial charge is 0.493 e. The maximum absolute atomic E-state index is 13.5. The zero-order valence-electron chi connectivity index (χ0n) is 18.6. The number of fused-ring (bicyclic) bond motifs is 1. The van der Waals surface area contributed by atoms with Crippen molar-refractivity contribution in [1.82, 2.24) is 0 Å². The molecule has 0 bridgehead atoms. The standard InChI is InChI=1S/C27H30N2O2/c1-18(2)17-31-23-15-11-21(12-16-23)26-28-25-8-6-5-7-24(25)27(30)29(26)22-13-9-20(10-14-22)19(3)4/h5-16,18-19,26,28H,17H2,1-4H3/t26-/m1/s1. The number of nitrogens with zero attached hydrogens (tertiary/aromatic N) is 1. The summed E-state index contributed by atoms with van der Waals surface area (Å²) in [5.41, 5.74) is 4.68. The molecule has 3 aromatic rings. The lowest BCUT2D eigenvalue weighted by molar-refractivity contribution is 0.0975. The van der Waals surface area contributed by atoms with E-state index in [1.54, 1.807) is 0 Å². The van der Waals surface area contributed by atoms with Crippen LogP contribution in [0, 0.1) is 5.92 Å². The van der Waals surface area contributed by atoms with E-state index in [9.17, 15) is 4.79 Å². The summed E-state index contributed by atoms with van der Waals surface area (Å²) in [4.78, 5) is 15.4. The van der Waals surface area contributed by atoms with Crippen LogP contribution in [0.5, 0.6) is 5.75 Å². The molecule has 0 saturated carbocycles. The van der Waals surface area contributed by atoms with Crippen molar-refractivity contribution in [3.05, 3.63) is 89.5 Å². The topological polar surface area (TPSA) is 41.6 Å². The highest BCUT2D eigenvalue weighted by Gasteiger charge is 2.34. The summed E-state index contributed by atoms with van der Waals surface area (Å²) in [5, 5.41) is 3.56. The number of ether oxygens (including phenoxy) is 1. The minimum atomic E-state index is -0.300. The van der Waals surface area contributed by atoms with E-state index in [0.29, 0.717) is 24.0 Å². The SMILES string of the molecule is CC(C)COc1ccc([C@@H]2Nc3ccccc3C(=O)N2c2ccc(C(C)C)cc2)cc1. The fraction of sp³-hybridized carbons (Fsp3) is 0.296. The van der Waals surface area contributed by atoms with Gasteiger partial charge in [-0.2, -0.15) is 0 Å². The number of rotatable bonds is 6. The number of amides is 1. The molecule has 0 unspecified atom stereocenters. The van der Waals surface area contributed by atoms with Crippen LogP contribution in [0.25, 0.3) is 0 Å². The molecule has 1 heterocycles. The van der Waals surface area contributed by atoms with Gasteiger partial charge >= 0.3 is 0 Å². The lowest BCUT2D eigenvalue weighted by Crippen LogP contribution is -2.43. The molecule has 4 heteroatoms. The van der Waals surface area contributed by atoms with Gasteiger partial charge in [0.2, 0.25) is 0 Å². The first-order chi connectivity index (χ1) is 14.9. The number of nitrogens with one attached hydrogen (secondary N) is 1. The first-order valence-electron chi connectivity index (χ1n) is 11.0. The van der Waals surface area contributed by atoms with E-state index in [0.717, 1.165) is 22.7 Å². The quantitative estimate of drug-likeness (QED) is 0.493. The minimum absolute atomic E-state index is 0.00298. The first kappa shape index (κ1) is 21.0. The van der Waals surface area contributed by atoms with Gasteiger partial charge in [-0.25, -0.2) is 0 Å². The maximum Gasteiger partial charge on any atom is 0.262 e. The predicted octanol–water partition coefficient (Wildman–Crippen LogP) is 6.62. The zero-order chi connectivity index (χ0) is 22.0. The molecular weight excluding hydrogens is 384 g/mol. The molecule has 0 saturated heterocycles. The van der Waals surface area contributed by atoms with E-state index in [1.165, 1.54) is 5.56 Å². The highest BCUT2D eigenvalue weighted by molar-refractivity contribution is 6.12. The molecule has 0 spiro atoms. The van der Waals surface area contributed by atoms with E-state index in [2.05, 4.69) is 45.1 Å². The smallest absolute Gasteiger partial charge is 0.262 e. The number of hydrogen-bond donors (Lipinski definition) is 1. The molecule has 4 rings (SSSR count). The van der Waals surface area contributed by atoms with Gasteiger partial charge in [-0.15, -0.1) is 0 Å². The second-order valence-electron chi connectivity index (χ2n) is 8.79. The molecule has 0 radical (unpaired) electrons. The molecule has 0 aromatic heterocycles. The van der Waals surface area contributed by atoms with E-state index in [1.807, 2.05) is 65.6 Å². The van der Waals surface area contributed by atoms with Gasteiger partial charge in [0.05, 0.1) is 12.2 Å². The highest BCUT2D eigenvalue weighted by Crippen LogP contribution is 2.37. The predicted molar refractivity (Wildman–Crippen MR) is 127 cm³/mol. The van der Waals surface area contributed by atoms with E-state index in [4.69, 9.17) is 4.74 Å². The van der Waals surface area contributed by atoms with Crippen LogP contribution in [0.4, 0.5) is 11.4 Å². The average molecular weight is 415 g/mol. The van der Waals surface area contributed by atoms with Crippen LogP contribution >= 0.6 is 0 Å². The fourth-order valence-electron chi connectivity index (χ4n) is 3.78. The van der Waals surface area contributed by atoms with Gasteiger partial charge in [0.25, 0.3) is 5.91 Å². The summed E-state index contributed by atoms with van der Waals surface area (Å²) in [7, 11) is 0. The Morgan fingerprint density at radius 3 is 2.23 bits per heavy atom. The number of anilines is 2. The van der Waals surface area contributed by atoms with Crippen molar-refractivity contribution in [3.8, 4) is 5.75 Å². The van der Waals surface area contributed by atoms with Crippen LogP contribution in [0.2, 0.25) is 0 Å². The van der Waals surface area contributed by atoms with Crippen molar-refractivity contribution in [2.45, 2.75) is 39.8 Å². The summed E-state index contributed by atoms with van der Waals surface area (Å²) in [5.74, 6) is 1.75. The summed E-state index contributed by atoms with van der Waals surface area (Å²) in [6.45, 7) is 9.29. The van der Waals surface area contributed by atoms with Crippen molar-refractivity contribution in [2.75, 3.05) is 16.8 Å². The number of hydrogen-bond acceptors (Lipinski definition) is 3. The van der Waals surface area contributed by atoms with Gasteiger partial charge in [-0.3, -0.25) is 9.69 Å². The van der Waals surface area contributed by atoms with Crippen molar-refractivity contribution in [1.29, 1.82) is 0 Å². The summed E-state index contributed by atoms with van der Waals surface area (Å²) >= 11 is 0. The van der Waals surface area contributed by atoms with Crippen molar-refractivity contribution < 1.29 is 9.53 Å². The maximum atomic E-state index is 13.5. The molecule has 1 aliphatic heterocycles. The summed E-state index contributed by atoms with van der Waals surface area (Å²) < 4.78 is 5.83. The van der Waals surface area contributed by atoms with Gasteiger partial charge in [0, 0.05) is 11.4 Å². The van der Waals surface area contributed by atoms with Gasteiger partial charge in [-0.05, 0) is 59.4 Å². The van der Waals surface area contributed by atoms with Crippen LogP contribution in [-0.4, -0.2) is 12.5 Å². The molecular formula is C27H30N2O2. The van der Waals surface area contributed by atoms with E-state index < -0.39 is 0 Å². The molecule has 0 aliphatic carbocycles. The summed E-state index contributed by atoms with van der Waals surface area (Å²) in [6.07, 6.45) is -0.300. The third-order valence-corrected chi connectivity index (χ3v) is 5.54. The normalized spacial score (nSPS) is 15.7. The van der Waals surface area contributed by atoms with Crippen LogP contribution in [0.3, 0.4) is 0 Å². The minimum Gasteiger partial charge on any atom is -0.493 e. The third kappa shape index (κ3) is 4.43. The van der Waals surface area contributed by atoms with Crippen molar-refractivity contribution in [2.24, 2.45) is 5.92 Å². The second kappa shape index (κ2) is 8.84. The lowest BCUT2D eigenvalue weighted by atomic mass is 10.00. The second-order valence-corrected chi connectivity index (χ2v) is 8.79. The molecule has 1 atom stereocenters. The van der Waals surface area contributed by atoms with Gasteiger partial charge in [0.1, 0.15) is 11.9 Å². The molecule has 4 nitrogen and oxygen atoms in total. The lowest BCUT2D eigenvalue weighted by Gasteiger charge is -2.38. The number of carbonyl (C=O) groups is 1. The Balaban J connectivity index is 1.70. The van der Waals surface area contributed by atoms with Crippen LogP contribution in [0.15, 0.2) is 72.8 Å². The van der Waals surface area contributed by atoms with Crippen molar-refractivity contribution in [3.63, 3.8) is 0 Å². The number of para-hydroxylation sites is 1. The van der Waals surface area contributed by atoms with Gasteiger partial charge < -0.3 is 10.1 Å². The molecule has 1 aliphatic rings. The number of carbonyl (C=O) groups excluding carboxylic acids is 1. The molecule has 31 heavy (non-hydrogen) atoms. The monoisotopic (exact) mass is 414 g/mol. The van der Waals surface area contributed by atoms with E-state index >= 15 is 0 Å². The zero-order valence-corrected chi connectivity index (χ0v) is 18.6. The Morgan fingerprint density at radius 2 is 1.58 bits per heavy atom. The number of benzene rings is 3. The van der Waals surface area contributed by atoms with Crippen molar-refractivity contribution >= 4 is 17.3 Å². The third-order valence-electron chi connectivity index (χ3n) is 5.54. The molecule has 1 N–H and O–H groups in total. The average Bonchev–Trinajstić information content (AvgIpc) is 2.78. The van der Waals surface area contributed by atoms with Crippen LogP contribution in [-0.2, 0) is 0 Å². The van der Waals surface area contributed by atoms with Crippen LogP contribution in [0.1, 0.15) is 61.3 Å². The van der Waals surface area contributed by atoms with Crippen LogP contribution < -0.4 is 15.0 Å².